The van der Waals surface area contributed by atoms with Crippen LogP contribution in [0.1, 0.15) is 30.3 Å². The van der Waals surface area contributed by atoms with Gasteiger partial charge in [-0.1, -0.05) is 0 Å². The van der Waals surface area contributed by atoms with Gasteiger partial charge in [0.1, 0.15) is 11.5 Å². The Balaban J connectivity index is 1.97. The summed E-state index contributed by atoms with van der Waals surface area (Å²) in [6.07, 6.45) is 2.90. The van der Waals surface area contributed by atoms with Crippen molar-refractivity contribution in [2.75, 3.05) is 13.1 Å². The molecule has 0 bridgehead atoms. The van der Waals surface area contributed by atoms with E-state index in [1.165, 1.54) is 12.1 Å². The Morgan fingerprint density at radius 1 is 1.50 bits per heavy atom. The second kappa shape index (κ2) is 5.65. The van der Waals surface area contributed by atoms with Gasteiger partial charge in [-0.15, -0.1) is 11.6 Å². The van der Waals surface area contributed by atoms with Crippen LogP contribution in [-0.4, -0.2) is 34.3 Å². The number of amides is 1. The van der Waals surface area contributed by atoms with Gasteiger partial charge in [-0.25, -0.2) is 9.37 Å². The largest absolute Gasteiger partial charge is 0.337 e. The monoisotopic (exact) mass is 270 g/mol. The first-order valence-electron chi connectivity index (χ1n) is 6.13. The van der Waals surface area contributed by atoms with Gasteiger partial charge in [-0.05, 0) is 37.8 Å². The van der Waals surface area contributed by atoms with Crippen molar-refractivity contribution in [2.24, 2.45) is 5.92 Å². The minimum atomic E-state index is -0.429. The summed E-state index contributed by atoms with van der Waals surface area (Å²) in [6, 6.07) is 2.68. The fourth-order valence-corrected chi connectivity index (χ4v) is 2.48. The van der Waals surface area contributed by atoms with Gasteiger partial charge >= 0.3 is 0 Å². The van der Waals surface area contributed by atoms with Crippen LogP contribution in [0, 0.1) is 11.7 Å². The number of nitrogens with zero attached hydrogens (tertiary/aromatic N) is 2. The summed E-state index contributed by atoms with van der Waals surface area (Å²) in [4.78, 5) is 17.7. The van der Waals surface area contributed by atoms with Crippen molar-refractivity contribution in [3.05, 3.63) is 29.8 Å². The number of hydrogen-bond acceptors (Lipinski definition) is 2. The van der Waals surface area contributed by atoms with E-state index >= 15 is 0 Å². The first-order valence-corrected chi connectivity index (χ1v) is 6.56. The summed E-state index contributed by atoms with van der Waals surface area (Å²) in [5, 5.41) is 0.145. The maximum Gasteiger partial charge on any atom is 0.272 e. The molecule has 1 aliphatic rings. The lowest BCUT2D eigenvalue weighted by Crippen LogP contribution is -2.40. The van der Waals surface area contributed by atoms with E-state index < -0.39 is 5.82 Å². The molecule has 0 radical (unpaired) electrons. The Morgan fingerprint density at radius 2 is 2.17 bits per heavy atom. The Hall–Kier alpha value is -1.16. The number of carbonyl (C=O) groups excluding carboxylic acids is 1. The quantitative estimate of drug-likeness (QED) is 0.774. The lowest BCUT2D eigenvalue weighted by Gasteiger charge is -2.32. The van der Waals surface area contributed by atoms with Gasteiger partial charge in [-0.2, -0.15) is 0 Å². The van der Waals surface area contributed by atoms with Crippen molar-refractivity contribution in [3.8, 4) is 0 Å². The van der Waals surface area contributed by atoms with E-state index in [4.69, 9.17) is 11.6 Å². The van der Waals surface area contributed by atoms with Crippen molar-refractivity contribution in [3.63, 3.8) is 0 Å². The number of halogens is 2. The fraction of sp³-hybridized carbons (Fsp3) is 0.538. The molecule has 98 valence electrons. The molecule has 0 aliphatic carbocycles. The smallest absolute Gasteiger partial charge is 0.272 e. The number of aromatic nitrogens is 1. The second-order valence-corrected chi connectivity index (χ2v) is 5.36. The number of hydrogen-bond donors (Lipinski definition) is 0. The van der Waals surface area contributed by atoms with Crippen LogP contribution in [-0.2, 0) is 0 Å². The molecule has 0 aromatic carbocycles. The van der Waals surface area contributed by atoms with E-state index in [0.29, 0.717) is 24.7 Å². The molecule has 2 heterocycles. The normalized spacial score (nSPS) is 18.7. The van der Waals surface area contributed by atoms with Crippen molar-refractivity contribution < 1.29 is 9.18 Å². The molecule has 5 heteroatoms. The van der Waals surface area contributed by atoms with Crippen molar-refractivity contribution in [2.45, 2.75) is 25.1 Å². The Labute approximate surface area is 111 Å². The summed E-state index contributed by atoms with van der Waals surface area (Å²) in [7, 11) is 0. The Morgan fingerprint density at radius 3 is 2.67 bits per heavy atom. The van der Waals surface area contributed by atoms with E-state index in [1.807, 2.05) is 6.92 Å². The van der Waals surface area contributed by atoms with E-state index in [0.717, 1.165) is 19.0 Å². The summed E-state index contributed by atoms with van der Waals surface area (Å²) in [5.74, 6) is -0.0891. The van der Waals surface area contributed by atoms with Crippen LogP contribution in [0.25, 0.3) is 0 Å². The number of rotatable bonds is 2. The van der Waals surface area contributed by atoms with Crippen LogP contribution in [0.4, 0.5) is 4.39 Å². The molecule has 1 aliphatic heterocycles. The van der Waals surface area contributed by atoms with Gasteiger partial charge in [0.2, 0.25) is 0 Å². The number of alkyl halides is 1. The highest BCUT2D eigenvalue weighted by Gasteiger charge is 2.26. The lowest BCUT2D eigenvalue weighted by molar-refractivity contribution is 0.0684. The maximum atomic E-state index is 12.7. The molecule has 18 heavy (non-hydrogen) atoms. The van der Waals surface area contributed by atoms with E-state index in [9.17, 15) is 9.18 Å². The number of piperidine rings is 1. The van der Waals surface area contributed by atoms with Crippen molar-refractivity contribution >= 4 is 17.5 Å². The minimum absolute atomic E-state index is 0.129. The summed E-state index contributed by atoms with van der Waals surface area (Å²) in [6.45, 7) is 3.38. The zero-order valence-corrected chi connectivity index (χ0v) is 11.0. The van der Waals surface area contributed by atoms with Crippen LogP contribution in [0.3, 0.4) is 0 Å². The zero-order chi connectivity index (χ0) is 13.1. The maximum absolute atomic E-state index is 12.7. The first-order chi connectivity index (χ1) is 8.58. The highest BCUT2D eigenvalue weighted by Crippen LogP contribution is 2.24. The summed E-state index contributed by atoms with van der Waals surface area (Å²) in [5.41, 5.74) is 0.300. The lowest BCUT2D eigenvalue weighted by atomic mass is 9.94. The van der Waals surface area contributed by atoms with Gasteiger partial charge < -0.3 is 4.90 Å². The summed E-state index contributed by atoms with van der Waals surface area (Å²) < 4.78 is 12.7. The molecule has 0 saturated carbocycles. The number of likely N-dealkylation sites (tertiary alicyclic amines) is 1. The molecule has 0 spiro atoms. The van der Waals surface area contributed by atoms with Gasteiger partial charge in [0.15, 0.2) is 0 Å². The summed E-state index contributed by atoms with van der Waals surface area (Å²) >= 11 is 6.06. The van der Waals surface area contributed by atoms with E-state index in [-0.39, 0.29) is 11.3 Å². The molecule has 3 nitrogen and oxygen atoms in total. The third kappa shape index (κ3) is 2.99. The zero-order valence-electron chi connectivity index (χ0n) is 10.3. The molecule has 2 rings (SSSR count). The van der Waals surface area contributed by atoms with Crippen LogP contribution >= 0.6 is 11.6 Å². The molecule has 1 aromatic heterocycles. The molecule has 1 unspecified atom stereocenters. The average molecular weight is 271 g/mol. The predicted molar refractivity (Wildman–Crippen MR) is 68.1 cm³/mol. The van der Waals surface area contributed by atoms with Crippen LogP contribution in [0.15, 0.2) is 18.3 Å². The van der Waals surface area contributed by atoms with Crippen LogP contribution < -0.4 is 0 Å². The molecule has 1 atom stereocenters. The minimum Gasteiger partial charge on any atom is -0.337 e. The van der Waals surface area contributed by atoms with Crippen LogP contribution in [0.5, 0.6) is 0 Å². The molecule has 0 N–H and O–H groups in total. The molecular formula is C13H16ClFN2O. The van der Waals surface area contributed by atoms with Gasteiger partial charge in [0.05, 0.1) is 6.20 Å². The van der Waals surface area contributed by atoms with Gasteiger partial charge in [-0.3, -0.25) is 4.79 Å². The topological polar surface area (TPSA) is 33.2 Å². The number of carbonyl (C=O) groups is 1. The highest BCUT2D eigenvalue weighted by molar-refractivity contribution is 6.20. The Bertz CT molecular complexity index is 414. The van der Waals surface area contributed by atoms with Gasteiger partial charge in [0, 0.05) is 18.5 Å². The third-order valence-corrected chi connectivity index (χ3v) is 3.78. The molecular weight excluding hydrogens is 255 g/mol. The fourth-order valence-electron chi connectivity index (χ4n) is 2.23. The van der Waals surface area contributed by atoms with Crippen molar-refractivity contribution in [1.82, 2.24) is 9.88 Å². The standard InChI is InChI=1S/C13H16ClFN2O/c1-9(14)10-4-6-17(7-5-10)13(18)12-3-2-11(15)8-16-12/h2-3,8-10H,4-7H2,1H3. The second-order valence-electron chi connectivity index (χ2n) is 4.67. The van der Waals surface area contributed by atoms with Crippen molar-refractivity contribution in [1.29, 1.82) is 0 Å². The van der Waals surface area contributed by atoms with E-state index in [1.54, 1.807) is 4.90 Å². The third-order valence-electron chi connectivity index (χ3n) is 3.42. The van der Waals surface area contributed by atoms with E-state index in [2.05, 4.69) is 4.98 Å². The van der Waals surface area contributed by atoms with Gasteiger partial charge in [0.25, 0.3) is 5.91 Å². The molecule has 1 fully saturated rings. The first kappa shape index (κ1) is 13.3. The Kier molecular flexibility index (Phi) is 4.17. The molecule has 1 aromatic rings. The average Bonchev–Trinajstić information content (AvgIpc) is 2.39. The van der Waals surface area contributed by atoms with Crippen LogP contribution in [0.2, 0.25) is 0 Å². The molecule has 1 amide bonds. The highest BCUT2D eigenvalue weighted by atomic mass is 35.5. The number of pyridine rings is 1. The predicted octanol–water partition coefficient (Wildman–Crippen LogP) is 2.70. The SMILES string of the molecule is CC(Cl)C1CCN(C(=O)c2ccc(F)cn2)CC1. The molecule has 1 saturated heterocycles.